The van der Waals surface area contributed by atoms with Crippen molar-refractivity contribution >= 4 is 22.7 Å². The van der Waals surface area contributed by atoms with E-state index in [4.69, 9.17) is 9.97 Å². The van der Waals surface area contributed by atoms with Gasteiger partial charge in [0, 0.05) is 25.0 Å². The highest BCUT2D eigenvalue weighted by molar-refractivity contribution is 5.77. The van der Waals surface area contributed by atoms with Crippen LogP contribution in [0.1, 0.15) is 79.3 Å². The predicted molar refractivity (Wildman–Crippen MR) is 165 cm³/mol. The summed E-state index contributed by atoms with van der Waals surface area (Å²) in [5.74, 6) is 1.57. The van der Waals surface area contributed by atoms with E-state index in [1.165, 1.54) is 36.8 Å². The van der Waals surface area contributed by atoms with E-state index in [-0.39, 0.29) is 12.1 Å². The van der Waals surface area contributed by atoms with Crippen LogP contribution in [0.15, 0.2) is 47.9 Å². The second-order valence-electron chi connectivity index (χ2n) is 12.3. The number of pyridine rings is 1. The van der Waals surface area contributed by atoms with Crippen molar-refractivity contribution in [2.75, 3.05) is 18.9 Å². The molecule has 9 heteroatoms. The molecule has 2 unspecified atom stereocenters. The van der Waals surface area contributed by atoms with E-state index in [1.807, 2.05) is 19.1 Å². The molecule has 0 radical (unpaired) electrons. The van der Waals surface area contributed by atoms with E-state index < -0.39 is 5.60 Å². The number of rotatable bonds is 6. The maximum absolute atomic E-state index is 13.5. The topological polar surface area (TPSA) is 101 Å². The highest BCUT2D eigenvalue weighted by Crippen LogP contribution is 2.40. The number of likely N-dealkylation sites (N-methyl/N-ethyl adjacent to an activating group) is 1. The normalized spacial score (nSPS) is 21.9. The Morgan fingerprint density at radius 3 is 2.83 bits per heavy atom. The van der Waals surface area contributed by atoms with Gasteiger partial charge in [-0.05, 0) is 91.9 Å². The third kappa shape index (κ3) is 4.46. The molecule has 4 aromatic rings. The molecular weight excluding hydrogens is 526 g/mol. The molecule has 1 aliphatic heterocycles. The van der Waals surface area contributed by atoms with Crippen molar-refractivity contribution in [3.8, 4) is 5.82 Å². The Morgan fingerprint density at radius 2 is 2.00 bits per heavy atom. The first-order valence-corrected chi connectivity index (χ1v) is 15.3. The van der Waals surface area contributed by atoms with Crippen molar-refractivity contribution in [1.82, 2.24) is 29.2 Å². The van der Waals surface area contributed by atoms with Crippen molar-refractivity contribution in [3.05, 3.63) is 81.4 Å². The highest BCUT2D eigenvalue weighted by atomic mass is 16.3. The van der Waals surface area contributed by atoms with Crippen LogP contribution in [0.5, 0.6) is 0 Å². The first-order valence-electron chi connectivity index (χ1n) is 15.3. The number of hydrogen-bond donors (Lipinski definition) is 2. The molecule has 0 saturated carbocycles. The summed E-state index contributed by atoms with van der Waals surface area (Å²) in [6, 6.07) is 8.44. The van der Waals surface area contributed by atoms with Crippen molar-refractivity contribution < 1.29 is 5.11 Å². The SMILES string of the molecule is C=CCn1c(=O)c2cnc(Nc3cc4c5c(c3)CN(C)CC5CCCCC4)nc2n1-c1ccc2c(n1)C(O)(CC)CC2. The number of anilines is 2. The Hall–Kier alpha value is -3.82. The summed E-state index contributed by atoms with van der Waals surface area (Å²) in [4.78, 5) is 30.3. The van der Waals surface area contributed by atoms with Crippen molar-refractivity contribution in [3.63, 3.8) is 0 Å². The van der Waals surface area contributed by atoms with Gasteiger partial charge < -0.3 is 15.3 Å². The summed E-state index contributed by atoms with van der Waals surface area (Å²) >= 11 is 0. The number of aliphatic hydroxyl groups is 1. The molecule has 0 bridgehead atoms. The van der Waals surface area contributed by atoms with Gasteiger partial charge >= 0.3 is 0 Å². The number of nitrogens with zero attached hydrogens (tertiary/aromatic N) is 6. The molecule has 7 rings (SSSR count). The Labute approximate surface area is 245 Å². The van der Waals surface area contributed by atoms with E-state index in [1.54, 1.807) is 27.2 Å². The van der Waals surface area contributed by atoms with E-state index >= 15 is 0 Å². The average molecular weight is 566 g/mol. The van der Waals surface area contributed by atoms with Crippen LogP contribution in [0.4, 0.5) is 11.6 Å². The minimum Gasteiger partial charge on any atom is -0.384 e. The Bertz CT molecular complexity index is 1740. The zero-order valence-electron chi connectivity index (χ0n) is 24.6. The van der Waals surface area contributed by atoms with Crippen LogP contribution in [-0.2, 0) is 31.5 Å². The number of aryl methyl sites for hydroxylation is 2. The van der Waals surface area contributed by atoms with Gasteiger partial charge in [0.2, 0.25) is 5.95 Å². The first-order chi connectivity index (χ1) is 20.4. The van der Waals surface area contributed by atoms with E-state index in [2.05, 4.69) is 41.0 Å². The van der Waals surface area contributed by atoms with Crippen LogP contribution in [0.2, 0.25) is 0 Å². The third-order valence-electron chi connectivity index (χ3n) is 9.48. The van der Waals surface area contributed by atoms with Gasteiger partial charge in [-0.1, -0.05) is 31.9 Å². The van der Waals surface area contributed by atoms with Crippen molar-refractivity contribution in [2.45, 2.75) is 82.9 Å². The fourth-order valence-electron chi connectivity index (χ4n) is 7.40. The summed E-state index contributed by atoms with van der Waals surface area (Å²) in [6.45, 7) is 8.19. The average Bonchev–Trinajstić information content (AvgIpc) is 3.44. The maximum atomic E-state index is 13.5. The number of hydrogen-bond acceptors (Lipinski definition) is 7. The van der Waals surface area contributed by atoms with Crippen molar-refractivity contribution in [1.29, 1.82) is 0 Å². The van der Waals surface area contributed by atoms with Gasteiger partial charge in [0.15, 0.2) is 11.5 Å². The number of fused-ring (bicyclic) bond motifs is 2. The summed E-state index contributed by atoms with van der Waals surface area (Å²) in [5, 5.41) is 15.1. The lowest BCUT2D eigenvalue weighted by atomic mass is 9.79. The zero-order valence-corrected chi connectivity index (χ0v) is 24.6. The second kappa shape index (κ2) is 10.5. The smallest absolute Gasteiger partial charge is 0.278 e. The van der Waals surface area contributed by atoms with Gasteiger partial charge in [0.05, 0.1) is 12.2 Å². The fraction of sp³-hybridized carbons (Fsp3) is 0.455. The molecule has 0 amide bonds. The lowest BCUT2D eigenvalue weighted by Crippen LogP contribution is -2.32. The summed E-state index contributed by atoms with van der Waals surface area (Å²) in [6.07, 6.45) is 11.4. The molecule has 4 heterocycles. The lowest BCUT2D eigenvalue weighted by molar-refractivity contribution is 0.0306. The van der Waals surface area contributed by atoms with Gasteiger partial charge in [-0.2, -0.15) is 4.98 Å². The Balaban J connectivity index is 1.32. The molecule has 2 aliphatic carbocycles. The summed E-state index contributed by atoms with van der Waals surface area (Å²) in [7, 11) is 2.21. The van der Waals surface area contributed by atoms with Crippen molar-refractivity contribution in [2.24, 2.45) is 0 Å². The number of allylic oxidation sites excluding steroid dienone is 1. The van der Waals surface area contributed by atoms with Crippen LogP contribution >= 0.6 is 0 Å². The summed E-state index contributed by atoms with van der Waals surface area (Å²) < 4.78 is 3.32. The molecule has 1 aromatic carbocycles. The molecule has 2 N–H and O–H groups in total. The predicted octanol–water partition coefficient (Wildman–Crippen LogP) is 5.10. The third-order valence-corrected chi connectivity index (χ3v) is 9.48. The van der Waals surface area contributed by atoms with Crippen LogP contribution in [0.3, 0.4) is 0 Å². The van der Waals surface area contributed by atoms with E-state index in [0.717, 1.165) is 37.2 Å². The van der Waals surface area contributed by atoms with Crippen LogP contribution in [-0.4, -0.2) is 47.9 Å². The van der Waals surface area contributed by atoms with Gasteiger partial charge in [-0.15, -0.1) is 6.58 Å². The largest absolute Gasteiger partial charge is 0.384 e. The Kier molecular flexibility index (Phi) is 6.74. The van der Waals surface area contributed by atoms with E-state index in [9.17, 15) is 9.90 Å². The molecule has 0 saturated heterocycles. The molecule has 0 spiro atoms. The molecular formula is C33H39N7O2. The van der Waals surface area contributed by atoms with Crippen LogP contribution < -0.4 is 10.9 Å². The minimum atomic E-state index is -0.961. The highest BCUT2D eigenvalue weighted by Gasteiger charge is 2.37. The van der Waals surface area contributed by atoms with Gasteiger partial charge in [-0.3, -0.25) is 4.79 Å². The maximum Gasteiger partial charge on any atom is 0.278 e. The molecule has 2 atom stereocenters. The quantitative estimate of drug-likeness (QED) is 0.314. The monoisotopic (exact) mass is 565 g/mol. The molecule has 3 aromatic heterocycles. The zero-order chi connectivity index (χ0) is 29.0. The molecule has 9 nitrogen and oxygen atoms in total. The number of benzene rings is 1. The fourth-order valence-corrected chi connectivity index (χ4v) is 7.40. The molecule has 42 heavy (non-hydrogen) atoms. The van der Waals surface area contributed by atoms with Crippen LogP contribution in [0.25, 0.3) is 16.9 Å². The summed E-state index contributed by atoms with van der Waals surface area (Å²) in [5.41, 5.74) is 6.39. The standard InChI is InChI=1S/C33H39N7O2/c1-4-15-39-31(41)26-18-34-32(37-30(26)40(39)27-12-11-21-13-14-33(42,5-2)29(21)36-27)35-25-16-22-9-7-6-8-10-23-19-38(3)20-24(17-25)28(22)23/h4,11-12,16-18,23,42H,1,5-10,13-15,19-20H2,2-3H3,(H,34,35,37). The van der Waals surface area contributed by atoms with E-state index in [0.29, 0.717) is 47.3 Å². The lowest BCUT2D eigenvalue weighted by Gasteiger charge is -2.35. The minimum absolute atomic E-state index is 0.205. The van der Waals surface area contributed by atoms with Gasteiger partial charge in [0.1, 0.15) is 11.0 Å². The molecule has 0 fully saturated rings. The number of nitrogens with one attached hydrogen (secondary N) is 1. The molecule has 3 aliphatic rings. The van der Waals surface area contributed by atoms with Gasteiger partial charge in [-0.25, -0.2) is 19.3 Å². The number of aromatic nitrogens is 5. The second-order valence-corrected chi connectivity index (χ2v) is 12.3. The van der Waals surface area contributed by atoms with Gasteiger partial charge in [0.25, 0.3) is 5.56 Å². The first kappa shape index (κ1) is 27.0. The molecule has 218 valence electrons. The van der Waals surface area contributed by atoms with Crippen LogP contribution in [0, 0.1) is 0 Å². The Morgan fingerprint density at radius 1 is 1.14 bits per heavy atom.